The van der Waals surface area contributed by atoms with Crippen LogP contribution in [-0.4, -0.2) is 29.1 Å². The van der Waals surface area contributed by atoms with Gasteiger partial charge in [-0.2, -0.15) is 0 Å². The molecule has 0 amide bonds. The highest BCUT2D eigenvalue weighted by Gasteiger charge is 2.38. The summed E-state index contributed by atoms with van der Waals surface area (Å²) in [5.74, 6) is -0.998. The van der Waals surface area contributed by atoms with Crippen molar-refractivity contribution in [3.05, 3.63) is 70.2 Å². The van der Waals surface area contributed by atoms with Gasteiger partial charge in [-0.05, 0) is 23.3 Å². The van der Waals surface area contributed by atoms with Crippen molar-refractivity contribution < 1.29 is 9.90 Å². The number of halogens is 1. The second-order valence-corrected chi connectivity index (χ2v) is 6.70. The Balaban J connectivity index is 1.77. The summed E-state index contributed by atoms with van der Waals surface area (Å²) in [6, 6.07) is 18.2. The third kappa shape index (κ3) is 3.39. The van der Waals surface area contributed by atoms with E-state index in [0.717, 1.165) is 23.1 Å². The van der Waals surface area contributed by atoms with E-state index in [4.69, 9.17) is 0 Å². The van der Waals surface area contributed by atoms with E-state index in [9.17, 15) is 9.90 Å². The minimum absolute atomic E-state index is 0.0503. The van der Waals surface area contributed by atoms with Crippen molar-refractivity contribution in [3.8, 4) is 0 Å². The number of carboxylic acids is 1. The van der Waals surface area contributed by atoms with Crippen molar-refractivity contribution >= 4 is 21.9 Å². The highest BCUT2D eigenvalue weighted by atomic mass is 79.9. The first kappa shape index (κ1) is 15.3. The number of hydrogen-bond donors (Lipinski definition) is 1. The van der Waals surface area contributed by atoms with Crippen LogP contribution in [0.3, 0.4) is 0 Å². The van der Waals surface area contributed by atoms with Crippen LogP contribution in [0.2, 0.25) is 0 Å². The Morgan fingerprint density at radius 2 is 1.77 bits per heavy atom. The van der Waals surface area contributed by atoms with Crippen molar-refractivity contribution in [3.63, 3.8) is 0 Å². The third-order valence-corrected chi connectivity index (χ3v) is 4.79. The summed E-state index contributed by atoms with van der Waals surface area (Å²) in [7, 11) is 0. The van der Waals surface area contributed by atoms with Gasteiger partial charge in [0.15, 0.2) is 0 Å². The van der Waals surface area contributed by atoms with E-state index in [2.05, 4.69) is 33.0 Å². The van der Waals surface area contributed by atoms with Gasteiger partial charge < -0.3 is 5.11 Å². The molecule has 0 aromatic heterocycles. The summed E-state index contributed by atoms with van der Waals surface area (Å²) in [4.78, 5) is 13.9. The van der Waals surface area contributed by atoms with E-state index in [1.807, 2.05) is 42.5 Å². The SMILES string of the molecule is O=C(O)[C@@H]1CN(Cc2ccccc2)C[C@@H]1c1ccc(Br)cc1. The van der Waals surface area contributed by atoms with Crippen molar-refractivity contribution in [1.82, 2.24) is 4.90 Å². The van der Waals surface area contributed by atoms with Gasteiger partial charge in [-0.25, -0.2) is 0 Å². The number of likely N-dealkylation sites (tertiary alicyclic amines) is 1. The molecule has 22 heavy (non-hydrogen) atoms. The zero-order valence-electron chi connectivity index (χ0n) is 12.2. The molecule has 3 nitrogen and oxygen atoms in total. The first-order valence-corrected chi connectivity index (χ1v) is 8.17. The third-order valence-electron chi connectivity index (χ3n) is 4.26. The fourth-order valence-corrected chi connectivity index (χ4v) is 3.42. The molecule has 1 heterocycles. The summed E-state index contributed by atoms with van der Waals surface area (Å²) in [6.45, 7) is 2.19. The molecule has 1 aliphatic rings. The van der Waals surface area contributed by atoms with E-state index in [0.29, 0.717) is 6.54 Å². The van der Waals surface area contributed by atoms with Crippen LogP contribution in [0.1, 0.15) is 17.0 Å². The molecule has 2 aromatic rings. The average molecular weight is 360 g/mol. The topological polar surface area (TPSA) is 40.5 Å². The maximum absolute atomic E-state index is 11.6. The molecular formula is C18H18BrNO2. The molecule has 0 aliphatic carbocycles. The Hall–Kier alpha value is -1.65. The van der Waals surface area contributed by atoms with Crippen LogP contribution in [0, 0.1) is 5.92 Å². The molecule has 0 saturated carbocycles. The maximum Gasteiger partial charge on any atom is 0.308 e. The highest BCUT2D eigenvalue weighted by molar-refractivity contribution is 9.10. The smallest absolute Gasteiger partial charge is 0.308 e. The summed E-state index contributed by atoms with van der Waals surface area (Å²) >= 11 is 3.43. The molecule has 1 aliphatic heterocycles. The lowest BCUT2D eigenvalue weighted by atomic mass is 9.89. The van der Waals surface area contributed by atoms with Gasteiger partial charge in [0.25, 0.3) is 0 Å². The van der Waals surface area contributed by atoms with Crippen molar-refractivity contribution in [2.75, 3.05) is 13.1 Å². The molecule has 1 N–H and O–H groups in total. The first-order valence-electron chi connectivity index (χ1n) is 7.38. The van der Waals surface area contributed by atoms with E-state index in [1.165, 1.54) is 5.56 Å². The van der Waals surface area contributed by atoms with E-state index in [-0.39, 0.29) is 11.8 Å². The van der Waals surface area contributed by atoms with Crippen molar-refractivity contribution in [2.45, 2.75) is 12.5 Å². The molecule has 1 fully saturated rings. The first-order chi connectivity index (χ1) is 10.6. The maximum atomic E-state index is 11.6. The number of hydrogen-bond acceptors (Lipinski definition) is 2. The van der Waals surface area contributed by atoms with Crippen LogP contribution >= 0.6 is 15.9 Å². The second-order valence-electron chi connectivity index (χ2n) is 5.78. The molecule has 0 bridgehead atoms. The molecule has 2 atom stereocenters. The van der Waals surface area contributed by atoms with E-state index < -0.39 is 5.97 Å². The van der Waals surface area contributed by atoms with Gasteiger partial charge in [0.1, 0.15) is 0 Å². The largest absolute Gasteiger partial charge is 0.481 e. The van der Waals surface area contributed by atoms with Gasteiger partial charge in [-0.3, -0.25) is 9.69 Å². The number of carboxylic acid groups (broad SMARTS) is 1. The Bertz CT molecular complexity index is 642. The lowest BCUT2D eigenvalue weighted by molar-refractivity contribution is -0.141. The predicted molar refractivity (Wildman–Crippen MR) is 89.7 cm³/mol. The molecule has 1 saturated heterocycles. The number of rotatable bonds is 4. The average Bonchev–Trinajstić information content (AvgIpc) is 2.93. The Morgan fingerprint density at radius 1 is 1.09 bits per heavy atom. The number of aliphatic carboxylic acids is 1. The van der Waals surface area contributed by atoms with Crippen molar-refractivity contribution in [2.24, 2.45) is 5.92 Å². The molecule has 0 unspecified atom stereocenters. The normalized spacial score (nSPS) is 21.9. The zero-order valence-corrected chi connectivity index (χ0v) is 13.7. The van der Waals surface area contributed by atoms with Gasteiger partial charge in [-0.15, -0.1) is 0 Å². The predicted octanol–water partition coefficient (Wildman–Crippen LogP) is 3.75. The fraction of sp³-hybridized carbons (Fsp3) is 0.278. The molecule has 2 aromatic carbocycles. The van der Waals surface area contributed by atoms with Crippen LogP contribution < -0.4 is 0 Å². The van der Waals surface area contributed by atoms with Gasteiger partial charge in [0.2, 0.25) is 0 Å². The van der Waals surface area contributed by atoms with Crippen LogP contribution in [0.25, 0.3) is 0 Å². The minimum atomic E-state index is -0.705. The summed E-state index contributed by atoms with van der Waals surface area (Å²) in [5.41, 5.74) is 2.33. The Morgan fingerprint density at radius 3 is 2.41 bits per heavy atom. The van der Waals surface area contributed by atoms with E-state index >= 15 is 0 Å². The molecule has 0 radical (unpaired) electrons. The zero-order chi connectivity index (χ0) is 15.5. The molecule has 3 rings (SSSR count). The summed E-state index contributed by atoms with van der Waals surface area (Å²) < 4.78 is 1.02. The molecule has 114 valence electrons. The Labute approximate surface area is 138 Å². The standard InChI is InChI=1S/C18H18BrNO2/c19-15-8-6-14(7-9-15)16-11-20(12-17(16)18(21)22)10-13-4-2-1-3-5-13/h1-9,16-17H,10-12H2,(H,21,22)/t16-,17-/m1/s1. The van der Waals surface area contributed by atoms with Gasteiger partial charge in [0.05, 0.1) is 5.92 Å². The summed E-state index contributed by atoms with van der Waals surface area (Å²) in [5, 5.41) is 9.55. The number of carbonyl (C=O) groups is 1. The van der Waals surface area contributed by atoms with E-state index in [1.54, 1.807) is 0 Å². The molecule has 4 heteroatoms. The highest BCUT2D eigenvalue weighted by Crippen LogP contribution is 2.34. The quantitative estimate of drug-likeness (QED) is 0.903. The van der Waals surface area contributed by atoms with Gasteiger partial charge in [0, 0.05) is 30.0 Å². The molecular weight excluding hydrogens is 342 g/mol. The van der Waals surface area contributed by atoms with Crippen LogP contribution in [0.15, 0.2) is 59.1 Å². The lowest BCUT2D eigenvalue weighted by Crippen LogP contribution is -2.23. The lowest BCUT2D eigenvalue weighted by Gasteiger charge is -2.16. The number of benzene rings is 2. The van der Waals surface area contributed by atoms with Crippen LogP contribution in [0.4, 0.5) is 0 Å². The van der Waals surface area contributed by atoms with Gasteiger partial charge in [-0.1, -0.05) is 58.4 Å². The number of nitrogens with zero attached hydrogens (tertiary/aromatic N) is 1. The summed E-state index contributed by atoms with van der Waals surface area (Å²) in [6.07, 6.45) is 0. The van der Waals surface area contributed by atoms with Gasteiger partial charge >= 0.3 is 5.97 Å². The second kappa shape index (κ2) is 6.63. The van der Waals surface area contributed by atoms with Crippen LogP contribution in [0.5, 0.6) is 0 Å². The Kier molecular flexibility index (Phi) is 4.60. The fourth-order valence-electron chi connectivity index (χ4n) is 3.15. The monoisotopic (exact) mass is 359 g/mol. The minimum Gasteiger partial charge on any atom is -0.481 e. The van der Waals surface area contributed by atoms with Crippen LogP contribution in [-0.2, 0) is 11.3 Å². The molecule has 0 spiro atoms. The van der Waals surface area contributed by atoms with Crippen molar-refractivity contribution in [1.29, 1.82) is 0 Å².